The first-order chi connectivity index (χ1) is 9.15. The van der Waals surface area contributed by atoms with E-state index in [1.165, 1.54) is 0 Å². The van der Waals surface area contributed by atoms with Gasteiger partial charge in [-0.25, -0.2) is 0 Å². The first kappa shape index (κ1) is 18.8. The lowest BCUT2D eigenvalue weighted by atomic mass is 9.93. The van der Waals surface area contributed by atoms with Crippen LogP contribution in [-0.4, -0.2) is 36.1 Å². The summed E-state index contributed by atoms with van der Waals surface area (Å²) in [6, 6.07) is 0. The second-order valence-electron chi connectivity index (χ2n) is 4.47. The molecule has 0 saturated carbocycles. The second kappa shape index (κ2) is 12.9. The minimum atomic E-state index is -0.137. The molecule has 1 atom stereocenters. The highest BCUT2D eigenvalue weighted by molar-refractivity contribution is 7.98. The fraction of sp³-hybridized carbons (Fsp3) is 0.857. The number of thioether (sulfide) groups is 1. The van der Waals surface area contributed by atoms with Gasteiger partial charge in [0.15, 0.2) is 0 Å². The van der Waals surface area contributed by atoms with Crippen LogP contribution in [0.1, 0.15) is 45.4 Å². The van der Waals surface area contributed by atoms with Crippen LogP contribution in [0.15, 0.2) is 0 Å². The molecule has 0 aliphatic carbocycles. The van der Waals surface area contributed by atoms with Gasteiger partial charge >= 0.3 is 5.97 Å². The number of thiol groups is 1. The van der Waals surface area contributed by atoms with E-state index < -0.39 is 0 Å². The number of carbonyl (C=O) groups is 2. The van der Waals surface area contributed by atoms with Gasteiger partial charge in [-0.15, -0.1) is 0 Å². The zero-order valence-corrected chi connectivity index (χ0v) is 13.7. The maximum absolute atomic E-state index is 12.0. The van der Waals surface area contributed by atoms with Crippen LogP contribution in [0.3, 0.4) is 0 Å². The SMILES string of the molecule is CCOC(=O)CCCCC(CCS)C(=O)CCSC. The van der Waals surface area contributed by atoms with Gasteiger partial charge < -0.3 is 4.74 Å². The van der Waals surface area contributed by atoms with E-state index in [2.05, 4.69) is 12.6 Å². The molecule has 0 N–H and O–H groups in total. The van der Waals surface area contributed by atoms with Gasteiger partial charge in [0.1, 0.15) is 5.78 Å². The van der Waals surface area contributed by atoms with Crippen LogP contribution in [0.5, 0.6) is 0 Å². The van der Waals surface area contributed by atoms with Crippen molar-refractivity contribution < 1.29 is 14.3 Å². The molecule has 112 valence electrons. The van der Waals surface area contributed by atoms with Crippen molar-refractivity contribution in [3.05, 3.63) is 0 Å². The minimum absolute atomic E-state index is 0.117. The fourth-order valence-corrected chi connectivity index (χ4v) is 2.64. The van der Waals surface area contributed by atoms with Gasteiger partial charge in [0.2, 0.25) is 0 Å². The van der Waals surface area contributed by atoms with E-state index in [9.17, 15) is 9.59 Å². The van der Waals surface area contributed by atoms with E-state index in [0.717, 1.165) is 37.2 Å². The lowest BCUT2D eigenvalue weighted by Crippen LogP contribution is -2.16. The monoisotopic (exact) mass is 306 g/mol. The Bertz CT molecular complexity index is 257. The molecule has 0 aromatic carbocycles. The molecule has 0 bridgehead atoms. The predicted molar refractivity (Wildman–Crippen MR) is 85.1 cm³/mol. The summed E-state index contributed by atoms with van der Waals surface area (Å²) in [5, 5.41) is 0. The average molecular weight is 306 g/mol. The Hall–Kier alpha value is -0.160. The molecule has 0 aromatic rings. The van der Waals surface area contributed by atoms with Crippen LogP contribution in [0.2, 0.25) is 0 Å². The van der Waals surface area contributed by atoms with Crippen molar-refractivity contribution in [1.82, 2.24) is 0 Å². The smallest absolute Gasteiger partial charge is 0.305 e. The fourth-order valence-electron chi connectivity index (χ4n) is 1.92. The van der Waals surface area contributed by atoms with Crippen LogP contribution in [0, 0.1) is 5.92 Å². The molecule has 0 spiro atoms. The Labute approximate surface area is 126 Å². The second-order valence-corrected chi connectivity index (χ2v) is 5.90. The van der Waals surface area contributed by atoms with E-state index in [1.54, 1.807) is 11.8 Å². The molecule has 5 heteroatoms. The summed E-state index contributed by atoms with van der Waals surface area (Å²) < 4.78 is 4.88. The van der Waals surface area contributed by atoms with Crippen LogP contribution in [0.25, 0.3) is 0 Å². The molecule has 0 rings (SSSR count). The van der Waals surface area contributed by atoms with Gasteiger partial charge in [-0.1, -0.05) is 6.42 Å². The highest BCUT2D eigenvalue weighted by atomic mass is 32.2. The highest BCUT2D eigenvalue weighted by Gasteiger charge is 2.16. The Balaban J connectivity index is 3.87. The number of carbonyl (C=O) groups excluding carboxylic acids is 2. The molecule has 1 unspecified atom stereocenters. The van der Waals surface area contributed by atoms with Crippen molar-refractivity contribution in [2.45, 2.75) is 45.4 Å². The molecule has 0 amide bonds. The molecule has 0 radical (unpaired) electrons. The third-order valence-electron chi connectivity index (χ3n) is 2.97. The minimum Gasteiger partial charge on any atom is -0.466 e. The van der Waals surface area contributed by atoms with Crippen molar-refractivity contribution in [2.24, 2.45) is 5.92 Å². The van der Waals surface area contributed by atoms with Crippen LogP contribution in [-0.2, 0) is 14.3 Å². The molecule has 0 aliphatic rings. The quantitative estimate of drug-likeness (QED) is 0.341. The number of hydrogen-bond donors (Lipinski definition) is 1. The van der Waals surface area contributed by atoms with E-state index in [4.69, 9.17) is 4.74 Å². The maximum atomic E-state index is 12.0. The van der Waals surface area contributed by atoms with Crippen molar-refractivity contribution in [3.8, 4) is 0 Å². The molecule has 0 aliphatic heterocycles. The summed E-state index contributed by atoms with van der Waals surface area (Å²) in [6.07, 6.45) is 6.54. The van der Waals surface area contributed by atoms with E-state index >= 15 is 0 Å². The summed E-state index contributed by atoms with van der Waals surface area (Å²) >= 11 is 5.92. The summed E-state index contributed by atoms with van der Waals surface area (Å²) in [5.74, 6) is 1.96. The van der Waals surface area contributed by atoms with Gasteiger partial charge in [0.25, 0.3) is 0 Å². The molecular formula is C14H26O3S2. The third-order valence-corrected chi connectivity index (χ3v) is 3.84. The zero-order chi connectivity index (χ0) is 14.5. The summed E-state index contributed by atoms with van der Waals surface area (Å²) in [5.41, 5.74) is 0. The number of Topliss-reactive ketones (excluding diaryl/α,β-unsaturated/α-hetero) is 1. The Morgan fingerprint density at radius 3 is 2.53 bits per heavy atom. The molecule has 3 nitrogen and oxygen atoms in total. The average Bonchev–Trinajstić information content (AvgIpc) is 2.39. The third kappa shape index (κ3) is 10.3. The predicted octanol–water partition coefficient (Wildman–Crippen LogP) is 3.37. The van der Waals surface area contributed by atoms with E-state index in [-0.39, 0.29) is 11.9 Å². The molecule has 0 heterocycles. The number of esters is 1. The molecule has 0 saturated heterocycles. The first-order valence-corrected chi connectivity index (χ1v) is 8.96. The van der Waals surface area contributed by atoms with Crippen LogP contribution < -0.4 is 0 Å². The van der Waals surface area contributed by atoms with Crippen molar-refractivity contribution in [3.63, 3.8) is 0 Å². The van der Waals surface area contributed by atoms with E-state index in [1.807, 2.05) is 13.2 Å². The van der Waals surface area contributed by atoms with Crippen molar-refractivity contribution in [2.75, 3.05) is 24.4 Å². The summed E-state index contributed by atoms with van der Waals surface area (Å²) in [4.78, 5) is 23.2. The van der Waals surface area contributed by atoms with Crippen LogP contribution >= 0.6 is 24.4 Å². The molecular weight excluding hydrogens is 280 g/mol. The standard InChI is InChI=1S/C14H26O3S2/c1-3-17-14(16)7-5-4-6-12(8-10-18)13(15)9-11-19-2/h12,18H,3-11H2,1-2H3. The lowest BCUT2D eigenvalue weighted by molar-refractivity contribution is -0.143. The highest BCUT2D eigenvalue weighted by Crippen LogP contribution is 2.18. The lowest BCUT2D eigenvalue weighted by Gasteiger charge is -2.14. The molecule has 0 fully saturated rings. The maximum Gasteiger partial charge on any atom is 0.305 e. The van der Waals surface area contributed by atoms with Gasteiger partial charge in [-0.3, -0.25) is 9.59 Å². The molecule has 19 heavy (non-hydrogen) atoms. The number of ether oxygens (including phenoxy) is 1. The van der Waals surface area contributed by atoms with Gasteiger partial charge in [-0.05, 0) is 43.9 Å². The van der Waals surface area contributed by atoms with Crippen molar-refractivity contribution >= 4 is 36.1 Å². The van der Waals surface area contributed by atoms with Gasteiger partial charge in [0, 0.05) is 18.8 Å². The van der Waals surface area contributed by atoms with E-state index in [0.29, 0.717) is 25.2 Å². The van der Waals surface area contributed by atoms with Gasteiger partial charge in [0.05, 0.1) is 6.61 Å². The Morgan fingerprint density at radius 2 is 1.95 bits per heavy atom. The first-order valence-electron chi connectivity index (χ1n) is 6.93. The van der Waals surface area contributed by atoms with Gasteiger partial charge in [-0.2, -0.15) is 24.4 Å². The number of ketones is 1. The topological polar surface area (TPSA) is 43.4 Å². The zero-order valence-electron chi connectivity index (χ0n) is 12.0. The number of unbranched alkanes of at least 4 members (excludes halogenated alkanes) is 1. The number of hydrogen-bond acceptors (Lipinski definition) is 5. The Kier molecular flexibility index (Phi) is 12.7. The number of rotatable bonds is 12. The summed E-state index contributed by atoms with van der Waals surface area (Å²) in [6.45, 7) is 2.25. The largest absolute Gasteiger partial charge is 0.466 e. The molecule has 0 aromatic heterocycles. The Morgan fingerprint density at radius 1 is 1.21 bits per heavy atom. The van der Waals surface area contributed by atoms with Crippen LogP contribution in [0.4, 0.5) is 0 Å². The van der Waals surface area contributed by atoms with Crippen molar-refractivity contribution in [1.29, 1.82) is 0 Å². The normalized spacial score (nSPS) is 12.2. The summed E-state index contributed by atoms with van der Waals surface area (Å²) in [7, 11) is 0.